The lowest BCUT2D eigenvalue weighted by molar-refractivity contribution is -0.144. The Morgan fingerprint density at radius 3 is 1.94 bits per heavy atom. The predicted molar refractivity (Wildman–Crippen MR) is 66.3 cm³/mol. The molecule has 1 rings (SSSR count). The van der Waals surface area contributed by atoms with Gasteiger partial charge in [0.05, 0.1) is 0 Å². The van der Waals surface area contributed by atoms with Gasteiger partial charge in [-0.3, -0.25) is 9.59 Å². The molecule has 0 aromatic heterocycles. The first kappa shape index (κ1) is 14.0. The van der Waals surface area contributed by atoms with Crippen LogP contribution in [0.1, 0.15) is 27.2 Å². The summed E-state index contributed by atoms with van der Waals surface area (Å²) in [5.74, 6) is 0.249. The summed E-state index contributed by atoms with van der Waals surface area (Å²) in [7, 11) is 0. The minimum absolute atomic E-state index is 0.0929. The van der Waals surface area contributed by atoms with Crippen LogP contribution in [0.4, 0.5) is 0 Å². The number of hydrogen-bond donors (Lipinski definition) is 1. The van der Waals surface area contributed by atoms with E-state index >= 15 is 0 Å². The molecule has 2 amide bonds. The molecule has 0 aromatic rings. The summed E-state index contributed by atoms with van der Waals surface area (Å²) in [5.41, 5.74) is 5.01. The van der Waals surface area contributed by atoms with E-state index in [1.54, 1.807) is 4.90 Å². The molecule has 0 saturated carbocycles. The van der Waals surface area contributed by atoms with E-state index in [-0.39, 0.29) is 17.2 Å². The first-order chi connectivity index (χ1) is 7.86. The van der Waals surface area contributed by atoms with Crippen LogP contribution in [0.15, 0.2) is 0 Å². The molecule has 0 atom stereocenters. The maximum atomic E-state index is 12.0. The van der Waals surface area contributed by atoms with E-state index in [4.69, 9.17) is 5.73 Å². The van der Waals surface area contributed by atoms with Gasteiger partial charge in [-0.05, 0) is 0 Å². The van der Waals surface area contributed by atoms with E-state index in [0.717, 1.165) is 0 Å². The fourth-order valence-electron chi connectivity index (χ4n) is 1.91. The summed E-state index contributed by atoms with van der Waals surface area (Å²) in [6.07, 6.45) is 0.396. The van der Waals surface area contributed by atoms with Gasteiger partial charge in [0.15, 0.2) is 0 Å². The Labute approximate surface area is 103 Å². The molecule has 0 unspecified atom stereocenters. The summed E-state index contributed by atoms with van der Waals surface area (Å²) < 4.78 is 0. The molecule has 0 spiro atoms. The Morgan fingerprint density at radius 2 is 1.53 bits per heavy atom. The molecule has 0 bridgehead atoms. The van der Waals surface area contributed by atoms with E-state index in [1.807, 2.05) is 25.7 Å². The molecule has 1 saturated heterocycles. The second-order valence-corrected chi connectivity index (χ2v) is 5.46. The number of carbonyl (C=O) groups is 2. The molecule has 0 radical (unpaired) electrons. The van der Waals surface area contributed by atoms with Gasteiger partial charge < -0.3 is 15.5 Å². The lowest BCUT2D eigenvalue weighted by Gasteiger charge is -2.37. The van der Waals surface area contributed by atoms with E-state index in [9.17, 15) is 9.59 Å². The number of nitrogens with zero attached hydrogens (tertiary/aromatic N) is 2. The molecule has 5 heteroatoms. The Bertz CT molecular complexity index is 289. The van der Waals surface area contributed by atoms with Crippen LogP contribution in [-0.4, -0.2) is 54.3 Å². The third-order valence-corrected chi connectivity index (χ3v) is 2.92. The van der Waals surface area contributed by atoms with Crippen molar-refractivity contribution in [2.24, 2.45) is 11.1 Å². The van der Waals surface area contributed by atoms with Crippen LogP contribution in [0.2, 0.25) is 0 Å². The van der Waals surface area contributed by atoms with Crippen LogP contribution < -0.4 is 5.73 Å². The van der Waals surface area contributed by atoms with Crippen molar-refractivity contribution in [3.05, 3.63) is 0 Å². The molecule has 17 heavy (non-hydrogen) atoms. The number of amides is 2. The SMILES string of the molecule is CC(C)(C)C(=O)N1CCN(C(=O)CCN)CC1. The molecule has 5 nitrogen and oxygen atoms in total. The largest absolute Gasteiger partial charge is 0.339 e. The quantitative estimate of drug-likeness (QED) is 0.743. The summed E-state index contributed by atoms with van der Waals surface area (Å²) >= 11 is 0. The van der Waals surface area contributed by atoms with Gasteiger partial charge in [0.25, 0.3) is 0 Å². The zero-order valence-electron chi connectivity index (χ0n) is 11.0. The second kappa shape index (κ2) is 5.49. The number of carbonyl (C=O) groups excluding carboxylic acids is 2. The summed E-state index contributed by atoms with van der Waals surface area (Å²) in [6, 6.07) is 0. The fraction of sp³-hybridized carbons (Fsp3) is 0.833. The van der Waals surface area contributed by atoms with Crippen molar-refractivity contribution >= 4 is 11.8 Å². The zero-order chi connectivity index (χ0) is 13.1. The first-order valence-electron chi connectivity index (χ1n) is 6.13. The normalized spacial score (nSPS) is 17.2. The van der Waals surface area contributed by atoms with Gasteiger partial charge >= 0.3 is 0 Å². The molecular formula is C12H23N3O2. The minimum atomic E-state index is -0.344. The smallest absolute Gasteiger partial charge is 0.228 e. The number of hydrogen-bond acceptors (Lipinski definition) is 3. The highest BCUT2D eigenvalue weighted by atomic mass is 16.2. The van der Waals surface area contributed by atoms with Crippen molar-refractivity contribution in [1.82, 2.24) is 9.80 Å². The van der Waals surface area contributed by atoms with Gasteiger partial charge in [-0.2, -0.15) is 0 Å². The molecule has 1 aliphatic heterocycles. The lowest BCUT2D eigenvalue weighted by Crippen LogP contribution is -2.53. The molecule has 1 fully saturated rings. The van der Waals surface area contributed by atoms with Crippen LogP contribution in [0.25, 0.3) is 0 Å². The average Bonchev–Trinajstić information content (AvgIpc) is 2.27. The Hall–Kier alpha value is -1.10. The predicted octanol–water partition coefficient (Wildman–Crippen LogP) is 0.0521. The molecule has 0 aromatic carbocycles. The standard InChI is InChI=1S/C12H23N3O2/c1-12(2,3)11(17)15-8-6-14(7-9-15)10(16)4-5-13/h4-9,13H2,1-3H3. The molecule has 1 aliphatic rings. The minimum Gasteiger partial charge on any atom is -0.339 e. The van der Waals surface area contributed by atoms with E-state index in [1.165, 1.54) is 0 Å². The first-order valence-corrected chi connectivity index (χ1v) is 6.13. The fourth-order valence-corrected chi connectivity index (χ4v) is 1.91. The van der Waals surface area contributed by atoms with Crippen LogP contribution in [0, 0.1) is 5.41 Å². The maximum Gasteiger partial charge on any atom is 0.228 e. The Kier molecular flexibility index (Phi) is 4.51. The lowest BCUT2D eigenvalue weighted by atomic mass is 9.94. The van der Waals surface area contributed by atoms with E-state index < -0.39 is 0 Å². The van der Waals surface area contributed by atoms with Crippen molar-refractivity contribution < 1.29 is 9.59 Å². The Balaban J connectivity index is 2.46. The topological polar surface area (TPSA) is 66.6 Å². The summed E-state index contributed by atoms with van der Waals surface area (Å²) in [4.78, 5) is 27.3. The highest BCUT2D eigenvalue weighted by Gasteiger charge is 2.30. The van der Waals surface area contributed by atoms with Gasteiger partial charge in [0, 0.05) is 44.6 Å². The van der Waals surface area contributed by atoms with Gasteiger partial charge in [0.2, 0.25) is 11.8 Å². The van der Waals surface area contributed by atoms with Crippen LogP contribution in [0.5, 0.6) is 0 Å². The van der Waals surface area contributed by atoms with Gasteiger partial charge in [0.1, 0.15) is 0 Å². The summed E-state index contributed by atoms with van der Waals surface area (Å²) in [5, 5.41) is 0. The van der Waals surface area contributed by atoms with Crippen molar-refractivity contribution in [3.63, 3.8) is 0 Å². The van der Waals surface area contributed by atoms with E-state index in [0.29, 0.717) is 39.1 Å². The Morgan fingerprint density at radius 1 is 1.06 bits per heavy atom. The monoisotopic (exact) mass is 241 g/mol. The van der Waals surface area contributed by atoms with Crippen LogP contribution >= 0.6 is 0 Å². The van der Waals surface area contributed by atoms with Crippen molar-refractivity contribution in [2.45, 2.75) is 27.2 Å². The van der Waals surface area contributed by atoms with Crippen molar-refractivity contribution in [2.75, 3.05) is 32.7 Å². The number of piperazine rings is 1. The van der Waals surface area contributed by atoms with Gasteiger partial charge in [-0.15, -0.1) is 0 Å². The zero-order valence-corrected chi connectivity index (χ0v) is 11.0. The average molecular weight is 241 g/mol. The maximum absolute atomic E-state index is 12.0. The van der Waals surface area contributed by atoms with Gasteiger partial charge in [-0.1, -0.05) is 20.8 Å². The number of nitrogens with two attached hydrogens (primary N) is 1. The second-order valence-electron chi connectivity index (χ2n) is 5.46. The van der Waals surface area contributed by atoms with Crippen LogP contribution in [-0.2, 0) is 9.59 Å². The van der Waals surface area contributed by atoms with Crippen LogP contribution in [0.3, 0.4) is 0 Å². The highest BCUT2D eigenvalue weighted by molar-refractivity contribution is 5.82. The molecule has 2 N–H and O–H groups in total. The number of rotatable bonds is 2. The highest BCUT2D eigenvalue weighted by Crippen LogP contribution is 2.18. The molecule has 1 heterocycles. The van der Waals surface area contributed by atoms with E-state index in [2.05, 4.69) is 0 Å². The molecule has 98 valence electrons. The third kappa shape index (κ3) is 3.70. The summed E-state index contributed by atoms with van der Waals surface area (Å²) in [6.45, 7) is 8.66. The third-order valence-electron chi connectivity index (χ3n) is 2.92. The van der Waals surface area contributed by atoms with Gasteiger partial charge in [-0.25, -0.2) is 0 Å². The van der Waals surface area contributed by atoms with Crippen molar-refractivity contribution in [3.8, 4) is 0 Å². The molecular weight excluding hydrogens is 218 g/mol. The molecule has 0 aliphatic carbocycles. The van der Waals surface area contributed by atoms with Crippen molar-refractivity contribution in [1.29, 1.82) is 0 Å².